The Hall–Kier alpha value is -8.77. The van der Waals surface area contributed by atoms with Crippen molar-refractivity contribution in [1.29, 1.82) is 0 Å². The van der Waals surface area contributed by atoms with Crippen molar-refractivity contribution in [2.45, 2.75) is 5.41 Å². The van der Waals surface area contributed by atoms with Gasteiger partial charge in [-0.2, -0.15) is 0 Å². The quantitative estimate of drug-likeness (QED) is 0.167. The molecule has 10 aromatic carbocycles. The van der Waals surface area contributed by atoms with Crippen LogP contribution in [0.2, 0.25) is 0 Å². The standard InChI is InChI=1S/C64H38N4S/c1-4-18-39(19-5-1)40-20-14-21-41(38-40)61-65-62(48-29-15-32-51-56(48)46-27-10-12-31-50(46)64(51,42-22-6-2-7-23-42)43-24-8-3-9-25-43)67-63(66-61)49-30-16-34-53-57(49)47-28-17-35-54-58(47)59-55(69-54)37-36-45-44-26-11-13-33-52(44)68(53)60(45)59/h1-38H. The van der Waals surface area contributed by atoms with Crippen LogP contribution in [0, 0.1) is 0 Å². The summed E-state index contributed by atoms with van der Waals surface area (Å²) in [4.78, 5) is 16.8. The van der Waals surface area contributed by atoms with Crippen molar-refractivity contribution in [3.8, 4) is 56.4 Å². The molecule has 5 heteroatoms. The summed E-state index contributed by atoms with van der Waals surface area (Å²) in [5, 5.41) is 7.37. The second-order valence-electron chi connectivity index (χ2n) is 18.2. The number of thiophene rings is 1. The van der Waals surface area contributed by atoms with Crippen LogP contribution in [0.3, 0.4) is 0 Å². The number of nitrogens with zero attached hydrogens (tertiary/aromatic N) is 4. The average molecular weight is 895 g/mol. The molecule has 0 unspecified atom stereocenters. The number of hydrogen-bond donors (Lipinski definition) is 0. The summed E-state index contributed by atoms with van der Waals surface area (Å²) < 4.78 is 5.05. The highest BCUT2D eigenvalue weighted by Gasteiger charge is 2.47. The Bertz CT molecular complexity index is 4320. The molecule has 0 radical (unpaired) electrons. The summed E-state index contributed by atoms with van der Waals surface area (Å²) in [6.45, 7) is 0. The molecule has 0 aliphatic heterocycles. The Kier molecular flexibility index (Phi) is 8.12. The molecule has 0 saturated heterocycles. The van der Waals surface area contributed by atoms with Gasteiger partial charge in [0, 0.05) is 53.0 Å². The number of hydrogen-bond acceptors (Lipinski definition) is 4. The summed E-state index contributed by atoms with van der Waals surface area (Å²) in [6.07, 6.45) is 0. The Morgan fingerprint density at radius 1 is 0.348 bits per heavy atom. The van der Waals surface area contributed by atoms with E-state index in [0.717, 1.165) is 44.3 Å². The van der Waals surface area contributed by atoms with Gasteiger partial charge in [-0.15, -0.1) is 11.3 Å². The van der Waals surface area contributed by atoms with Gasteiger partial charge < -0.3 is 4.40 Å². The number of benzene rings is 10. The SMILES string of the molecule is c1ccc(-c2cccc(-c3nc(-c4cccc5c4-c4ccccc4C5(c4ccccc4)c4ccccc4)nc(-c4cccc5c4c4cccc6sc7ccc8c9ccccc9n5c8c7c64)n3)c2)cc1. The fourth-order valence-electron chi connectivity index (χ4n) is 11.9. The summed E-state index contributed by atoms with van der Waals surface area (Å²) in [5.41, 5.74) is 15.2. The first-order chi connectivity index (χ1) is 34.2. The van der Waals surface area contributed by atoms with Gasteiger partial charge in [0.05, 0.1) is 22.0 Å². The molecular formula is C64H38N4S. The summed E-state index contributed by atoms with van der Waals surface area (Å²) in [7, 11) is 0. The van der Waals surface area contributed by atoms with Crippen LogP contribution in [0.4, 0.5) is 0 Å². The van der Waals surface area contributed by atoms with E-state index in [1.54, 1.807) is 0 Å². The van der Waals surface area contributed by atoms with E-state index in [1.807, 2.05) is 11.3 Å². The molecule has 0 amide bonds. The Labute approximate surface area is 401 Å². The summed E-state index contributed by atoms with van der Waals surface area (Å²) >= 11 is 1.87. The van der Waals surface area contributed by atoms with Gasteiger partial charge in [-0.05, 0) is 80.2 Å². The van der Waals surface area contributed by atoms with E-state index in [-0.39, 0.29) is 0 Å². The third-order valence-corrected chi connectivity index (χ3v) is 15.8. The lowest BCUT2D eigenvalue weighted by atomic mass is 9.67. The second-order valence-corrected chi connectivity index (χ2v) is 19.3. The molecule has 0 N–H and O–H groups in total. The third kappa shape index (κ3) is 5.36. The zero-order chi connectivity index (χ0) is 45.2. The molecule has 4 aromatic heterocycles. The lowest BCUT2D eigenvalue weighted by Gasteiger charge is -2.33. The van der Waals surface area contributed by atoms with E-state index >= 15 is 0 Å². The van der Waals surface area contributed by atoms with Crippen LogP contribution in [0.5, 0.6) is 0 Å². The van der Waals surface area contributed by atoms with E-state index in [0.29, 0.717) is 17.5 Å². The molecular weight excluding hydrogens is 857 g/mol. The second kappa shape index (κ2) is 14.6. The van der Waals surface area contributed by atoms with Gasteiger partial charge in [-0.25, -0.2) is 15.0 Å². The minimum Gasteiger partial charge on any atom is -0.308 e. The first kappa shape index (κ1) is 38.3. The fourth-order valence-corrected chi connectivity index (χ4v) is 13.0. The van der Waals surface area contributed by atoms with Gasteiger partial charge >= 0.3 is 0 Å². The van der Waals surface area contributed by atoms with E-state index in [9.17, 15) is 0 Å². The van der Waals surface area contributed by atoms with E-state index in [2.05, 4.69) is 235 Å². The molecule has 0 fully saturated rings. The molecule has 4 nitrogen and oxygen atoms in total. The van der Waals surface area contributed by atoms with Gasteiger partial charge in [-0.1, -0.05) is 200 Å². The topological polar surface area (TPSA) is 43.1 Å². The molecule has 0 spiro atoms. The number of para-hydroxylation sites is 1. The lowest BCUT2D eigenvalue weighted by Crippen LogP contribution is -2.28. The van der Waals surface area contributed by atoms with Crippen molar-refractivity contribution in [3.63, 3.8) is 0 Å². The van der Waals surface area contributed by atoms with Crippen molar-refractivity contribution in [1.82, 2.24) is 19.4 Å². The van der Waals surface area contributed by atoms with Crippen LogP contribution < -0.4 is 0 Å². The zero-order valence-corrected chi connectivity index (χ0v) is 38.0. The maximum Gasteiger partial charge on any atom is 0.164 e. The summed E-state index contributed by atoms with van der Waals surface area (Å²) in [5.74, 6) is 1.87. The summed E-state index contributed by atoms with van der Waals surface area (Å²) in [6, 6.07) is 83.6. The molecule has 69 heavy (non-hydrogen) atoms. The molecule has 1 aliphatic rings. The van der Waals surface area contributed by atoms with Crippen LogP contribution >= 0.6 is 11.3 Å². The van der Waals surface area contributed by atoms with Gasteiger partial charge in [0.1, 0.15) is 0 Å². The maximum absolute atomic E-state index is 5.68. The van der Waals surface area contributed by atoms with Crippen LogP contribution in [0.15, 0.2) is 231 Å². The minimum absolute atomic E-state index is 0.575. The monoisotopic (exact) mass is 894 g/mol. The zero-order valence-electron chi connectivity index (χ0n) is 37.1. The number of rotatable bonds is 6. The molecule has 15 rings (SSSR count). The maximum atomic E-state index is 5.68. The van der Waals surface area contributed by atoms with Gasteiger partial charge in [0.15, 0.2) is 17.5 Å². The van der Waals surface area contributed by atoms with E-state index in [1.165, 1.54) is 75.2 Å². The molecule has 4 heterocycles. The van der Waals surface area contributed by atoms with Crippen molar-refractivity contribution in [2.75, 3.05) is 0 Å². The van der Waals surface area contributed by atoms with Crippen LogP contribution in [-0.4, -0.2) is 19.4 Å². The van der Waals surface area contributed by atoms with Gasteiger partial charge in [0.25, 0.3) is 0 Å². The van der Waals surface area contributed by atoms with Crippen LogP contribution in [0.25, 0.3) is 115 Å². The average Bonchev–Trinajstić information content (AvgIpc) is 4.05. The fraction of sp³-hybridized carbons (Fsp3) is 0.0156. The number of fused-ring (bicyclic) bond motifs is 9. The van der Waals surface area contributed by atoms with Gasteiger partial charge in [-0.3, -0.25) is 0 Å². The molecule has 0 saturated carbocycles. The van der Waals surface area contributed by atoms with Gasteiger partial charge in [0.2, 0.25) is 0 Å². The predicted octanol–water partition coefficient (Wildman–Crippen LogP) is 16.4. The molecule has 0 bridgehead atoms. The largest absolute Gasteiger partial charge is 0.308 e. The predicted molar refractivity (Wildman–Crippen MR) is 286 cm³/mol. The van der Waals surface area contributed by atoms with Crippen LogP contribution in [-0.2, 0) is 5.41 Å². The highest BCUT2D eigenvalue weighted by Crippen LogP contribution is 2.58. The molecule has 320 valence electrons. The molecule has 14 aromatic rings. The number of aromatic nitrogens is 4. The van der Waals surface area contributed by atoms with E-state index in [4.69, 9.17) is 15.0 Å². The van der Waals surface area contributed by atoms with Crippen LogP contribution in [0.1, 0.15) is 22.3 Å². The molecule has 1 aliphatic carbocycles. The van der Waals surface area contributed by atoms with E-state index < -0.39 is 5.41 Å². The van der Waals surface area contributed by atoms with Crippen molar-refractivity contribution < 1.29 is 0 Å². The van der Waals surface area contributed by atoms with Crippen molar-refractivity contribution >= 4 is 69.6 Å². The van der Waals surface area contributed by atoms with Crippen molar-refractivity contribution in [2.24, 2.45) is 0 Å². The normalized spacial score (nSPS) is 13.0. The first-order valence-electron chi connectivity index (χ1n) is 23.5. The van der Waals surface area contributed by atoms with Crippen molar-refractivity contribution in [3.05, 3.63) is 253 Å². The highest BCUT2D eigenvalue weighted by atomic mass is 32.1. The Morgan fingerprint density at radius 3 is 1.74 bits per heavy atom. The third-order valence-electron chi connectivity index (χ3n) is 14.7. The Balaban J connectivity index is 1.07. The molecule has 0 atom stereocenters. The smallest absolute Gasteiger partial charge is 0.164 e. The first-order valence-corrected chi connectivity index (χ1v) is 24.3. The minimum atomic E-state index is -0.575. The Morgan fingerprint density at radius 2 is 0.913 bits per heavy atom. The highest BCUT2D eigenvalue weighted by molar-refractivity contribution is 7.26. The lowest BCUT2D eigenvalue weighted by molar-refractivity contribution is 0.768.